The van der Waals surface area contributed by atoms with Crippen LogP contribution in [0.15, 0.2) is 12.8 Å². The molecular weight excluding hydrogens is 125 g/mol. The van der Waals surface area contributed by atoms with Crippen LogP contribution in [0.2, 0.25) is 0 Å². The van der Waals surface area contributed by atoms with Crippen molar-refractivity contribution >= 4 is 7.25 Å². The maximum absolute atomic E-state index is 9.75. The third kappa shape index (κ3) is 416. The molecule has 1 nitrogen and oxygen atoms in total. The van der Waals surface area contributed by atoms with Gasteiger partial charge < -0.3 is 23.0 Å². The third-order valence-electron chi connectivity index (χ3n) is 0. The summed E-state index contributed by atoms with van der Waals surface area (Å²) < 4.78 is 39.0. The molecule has 0 unspecified atom stereocenters. The van der Waals surface area contributed by atoms with E-state index in [0.29, 0.717) is 0 Å². The minimum atomic E-state index is -6.00. The molecule has 0 heterocycles. The van der Waals surface area contributed by atoms with E-state index in [9.17, 15) is 17.3 Å². The first kappa shape index (κ1) is 10.5. The standard InChI is InChI=1S/C2H5N.BF4/c1-2-3;2-1(3,4)5/h2H,1,3H2;/q;-1/p+1. The molecular formula is C2H6BF4N. The van der Waals surface area contributed by atoms with Crippen molar-refractivity contribution in [3.8, 4) is 0 Å². The molecule has 0 atom stereocenters. The number of quaternary nitrogens is 1. The SMILES string of the molecule is C=C[NH3+].F[B-](F)(F)F. The van der Waals surface area contributed by atoms with Crippen molar-refractivity contribution in [3.05, 3.63) is 12.8 Å². The quantitative estimate of drug-likeness (QED) is 0.369. The monoisotopic (exact) mass is 131 g/mol. The first-order valence-electron chi connectivity index (χ1n) is 1.69. The second-order valence-electron chi connectivity index (χ2n) is 0.784. The van der Waals surface area contributed by atoms with E-state index >= 15 is 0 Å². The van der Waals surface area contributed by atoms with Gasteiger partial charge in [0.1, 0.15) is 0 Å². The fraction of sp³-hybridized carbons (Fsp3) is 0. The molecule has 0 bridgehead atoms. The second-order valence-corrected chi connectivity index (χ2v) is 0.784. The highest BCUT2D eigenvalue weighted by Crippen LogP contribution is 2.06. The van der Waals surface area contributed by atoms with Crippen LogP contribution in [0.3, 0.4) is 0 Å². The largest absolute Gasteiger partial charge is 0.673 e. The summed E-state index contributed by atoms with van der Waals surface area (Å²) in [5.74, 6) is 0. The topological polar surface area (TPSA) is 27.6 Å². The predicted molar refractivity (Wildman–Crippen MR) is 23.3 cm³/mol. The van der Waals surface area contributed by atoms with Crippen LogP contribution < -0.4 is 5.73 Å². The molecule has 0 aliphatic heterocycles. The van der Waals surface area contributed by atoms with E-state index in [-0.39, 0.29) is 0 Å². The average Bonchev–Trinajstić information content (AvgIpc) is 1.27. The van der Waals surface area contributed by atoms with Gasteiger partial charge in [0, 0.05) is 0 Å². The van der Waals surface area contributed by atoms with E-state index in [4.69, 9.17) is 0 Å². The highest BCUT2D eigenvalue weighted by Gasteiger charge is 2.20. The van der Waals surface area contributed by atoms with Gasteiger partial charge >= 0.3 is 7.25 Å². The van der Waals surface area contributed by atoms with Crippen molar-refractivity contribution in [2.45, 2.75) is 0 Å². The van der Waals surface area contributed by atoms with Gasteiger partial charge in [-0.1, -0.05) is 0 Å². The Morgan fingerprint density at radius 1 is 1.25 bits per heavy atom. The molecule has 0 fully saturated rings. The highest BCUT2D eigenvalue weighted by molar-refractivity contribution is 6.50. The van der Waals surface area contributed by atoms with Crippen molar-refractivity contribution in [2.24, 2.45) is 0 Å². The van der Waals surface area contributed by atoms with E-state index in [1.165, 1.54) is 6.20 Å². The lowest BCUT2D eigenvalue weighted by Gasteiger charge is -1.94. The molecule has 0 spiro atoms. The first-order chi connectivity index (χ1) is 3.41. The summed E-state index contributed by atoms with van der Waals surface area (Å²) in [5.41, 5.74) is 3.25. The summed E-state index contributed by atoms with van der Waals surface area (Å²) in [4.78, 5) is 0. The summed E-state index contributed by atoms with van der Waals surface area (Å²) in [5, 5.41) is 0. The van der Waals surface area contributed by atoms with Crippen LogP contribution in [0.1, 0.15) is 0 Å². The first-order valence-corrected chi connectivity index (χ1v) is 1.69. The molecule has 3 N–H and O–H groups in total. The molecule has 6 heteroatoms. The smallest absolute Gasteiger partial charge is 0.418 e. The molecule has 0 aliphatic carbocycles. The van der Waals surface area contributed by atoms with Crippen molar-refractivity contribution < 1.29 is 23.0 Å². The molecule has 8 heavy (non-hydrogen) atoms. The molecule has 0 rings (SSSR count). The van der Waals surface area contributed by atoms with Gasteiger partial charge in [-0.3, -0.25) is 0 Å². The minimum Gasteiger partial charge on any atom is -0.418 e. The van der Waals surface area contributed by atoms with Gasteiger partial charge in [-0.05, 0) is 6.58 Å². The normalized spacial score (nSPS) is 9.12. The molecule has 0 aromatic rings. The van der Waals surface area contributed by atoms with E-state index in [1.54, 1.807) is 0 Å². The maximum Gasteiger partial charge on any atom is 0.673 e. The third-order valence-corrected chi connectivity index (χ3v) is 0. The lowest BCUT2D eigenvalue weighted by Crippen LogP contribution is -2.38. The molecule has 0 saturated heterocycles. The summed E-state index contributed by atoms with van der Waals surface area (Å²) >= 11 is 0. The lowest BCUT2D eigenvalue weighted by atomic mass is 10.3. The van der Waals surface area contributed by atoms with Crippen LogP contribution >= 0.6 is 0 Å². The molecule has 50 valence electrons. The van der Waals surface area contributed by atoms with E-state index < -0.39 is 7.25 Å². The van der Waals surface area contributed by atoms with Crippen LogP contribution in [-0.4, -0.2) is 7.25 Å². The van der Waals surface area contributed by atoms with Crippen molar-refractivity contribution in [3.63, 3.8) is 0 Å². The van der Waals surface area contributed by atoms with Crippen LogP contribution in [0, 0.1) is 0 Å². The van der Waals surface area contributed by atoms with E-state index in [0.717, 1.165) is 0 Å². The Kier molecular flexibility index (Phi) is 6.07. The van der Waals surface area contributed by atoms with Gasteiger partial charge in [0.25, 0.3) is 0 Å². The summed E-state index contributed by atoms with van der Waals surface area (Å²) in [6.07, 6.45) is 1.50. The summed E-state index contributed by atoms with van der Waals surface area (Å²) in [6, 6.07) is 0. The van der Waals surface area contributed by atoms with Crippen molar-refractivity contribution in [1.82, 2.24) is 0 Å². The second kappa shape index (κ2) is 4.64. The van der Waals surface area contributed by atoms with E-state index in [1.807, 2.05) is 0 Å². The Labute approximate surface area is 44.3 Å². The fourth-order valence-electron chi connectivity index (χ4n) is 0. The van der Waals surface area contributed by atoms with Crippen molar-refractivity contribution in [1.29, 1.82) is 0 Å². The molecule has 0 aliphatic rings. The number of hydrogen-bond acceptors (Lipinski definition) is 0. The molecule has 0 saturated carbocycles. The van der Waals surface area contributed by atoms with Gasteiger partial charge in [0.15, 0.2) is 0 Å². The molecule has 0 aromatic heterocycles. The van der Waals surface area contributed by atoms with E-state index in [2.05, 4.69) is 12.3 Å². The molecule has 0 amide bonds. The zero-order valence-electron chi connectivity index (χ0n) is 4.08. The van der Waals surface area contributed by atoms with Crippen LogP contribution in [0.4, 0.5) is 17.3 Å². The average molecular weight is 131 g/mol. The van der Waals surface area contributed by atoms with Gasteiger partial charge in [-0.2, -0.15) is 0 Å². The lowest BCUT2D eigenvalue weighted by molar-refractivity contribution is -0.274. The number of halogens is 4. The zero-order chi connectivity index (χ0) is 7.21. The van der Waals surface area contributed by atoms with Gasteiger partial charge in [-0.25, -0.2) is 0 Å². The van der Waals surface area contributed by atoms with Crippen molar-refractivity contribution in [2.75, 3.05) is 0 Å². The Morgan fingerprint density at radius 2 is 1.25 bits per heavy atom. The maximum atomic E-state index is 9.75. The number of hydrogen-bond donors (Lipinski definition) is 1. The Balaban J connectivity index is 0. The van der Waals surface area contributed by atoms with Gasteiger partial charge in [0.2, 0.25) is 0 Å². The molecule has 0 radical (unpaired) electrons. The van der Waals surface area contributed by atoms with Crippen LogP contribution in [0.25, 0.3) is 0 Å². The molecule has 0 aromatic carbocycles. The number of rotatable bonds is 0. The highest BCUT2D eigenvalue weighted by atomic mass is 19.5. The van der Waals surface area contributed by atoms with Crippen LogP contribution in [0.5, 0.6) is 0 Å². The minimum absolute atomic E-state index is 1.50. The summed E-state index contributed by atoms with van der Waals surface area (Å²) in [7, 11) is -6.00. The fourth-order valence-corrected chi connectivity index (χ4v) is 0. The zero-order valence-corrected chi connectivity index (χ0v) is 4.08. The Bertz CT molecular complexity index is 53.5. The predicted octanol–water partition coefficient (Wildman–Crippen LogP) is 0.672. The van der Waals surface area contributed by atoms with Gasteiger partial charge in [0.05, 0.1) is 6.20 Å². The summed E-state index contributed by atoms with van der Waals surface area (Å²) in [6.45, 7) is 3.25. The van der Waals surface area contributed by atoms with Gasteiger partial charge in [-0.15, -0.1) is 0 Å². The Morgan fingerprint density at radius 3 is 1.25 bits per heavy atom. The Hall–Kier alpha value is -0.515. The van der Waals surface area contributed by atoms with Crippen LogP contribution in [-0.2, 0) is 0 Å².